The molecule has 2 fully saturated rings. The topological polar surface area (TPSA) is 50.4 Å². The molecule has 2 aliphatic heterocycles. The minimum Gasteiger partial charge on any atom is -0.372 e. The highest BCUT2D eigenvalue weighted by atomic mass is 19.4. The molecule has 2 N–H and O–H groups in total. The van der Waals surface area contributed by atoms with Crippen molar-refractivity contribution in [1.82, 2.24) is 10.6 Å². The maximum absolute atomic E-state index is 13.3. The van der Waals surface area contributed by atoms with E-state index in [4.69, 9.17) is 4.74 Å². The van der Waals surface area contributed by atoms with E-state index in [1.54, 1.807) is 0 Å². The lowest BCUT2D eigenvalue weighted by Gasteiger charge is -2.51. The molecule has 0 bridgehead atoms. The van der Waals surface area contributed by atoms with Gasteiger partial charge in [0.1, 0.15) is 0 Å². The third kappa shape index (κ3) is 5.80. The summed E-state index contributed by atoms with van der Waals surface area (Å²) in [6.07, 6.45) is 1.32. The molecule has 2 saturated heterocycles. The lowest BCUT2D eigenvalue weighted by molar-refractivity contribution is -0.143. The fraction of sp³-hybridized carbons (Fsp3) is 0.577. The van der Waals surface area contributed by atoms with Crippen LogP contribution in [-0.4, -0.2) is 30.1 Å². The maximum atomic E-state index is 13.3. The first-order chi connectivity index (χ1) is 16.8. The monoisotopic (exact) mass is 516 g/mol. The third-order valence-electron chi connectivity index (χ3n) is 7.65. The Morgan fingerprint density at radius 1 is 1.03 bits per heavy atom. The number of alkyl halides is 6. The Morgan fingerprint density at radius 3 is 2.25 bits per heavy atom. The van der Waals surface area contributed by atoms with Gasteiger partial charge in [0, 0.05) is 24.4 Å². The first-order valence-electron chi connectivity index (χ1n) is 12.1. The van der Waals surface area contributed by atoms with Crippen molar-refractivity contribution in [3.63, 3.8) is 0 Å². The van der Waals surface area contributed by atoms with Gasteiger partial charge in [-0.15, -0.1) is 0 Å². The molecule has 4 nitrogen and oxygen atoms in total. The van der Waals surface area contributed by atoms with Gasteiger partial charge in [0.25, 0.3) is 0 Å². The fourth-order valence-corrected chi connectivity index (χ4v) is 5.43. The molecule has 1 unspecified atom stereocenters. The Balaban J connectivity index is 1.55. The number of hydrogen-bond donors (Lipinski definition) is 2. The largest absolute Gasteiger partial charge is 0.416 e. The molecule has 0 aromatic heterocycles. The standard InChI is InChI=1S/C26H30F6N2O2/c1-17(18-12-20(25(27,28)29)14-21(13-18)26(30,31)32)36-16-24(19-6-3-2-4-7-19)11-10-23(15-33-24)9-5-8-22(35)34-23/h2-4,6,12-14,17,19,33H,5,7-11,15-16H2,1H3,(H,34,35)/t17-,19?,23-,24-/m1/s1. The van der Waals surface area contributed by atoms with E-state index in [-0.39, 0.29) is 35.6 Å². The number of piperidine rings is 2. The average molecular weight is 517 g/mol. The summed E-state index contributed by atoms with van der Waals surface area (Å²) < 4.78 is 85.9. The zero-order valence-electron chi connectivity index (χ0n) is 19.9. The smallest absolute Gasteiger partial charge is 0.372 e. The van der Waals surface area contributed by atoms with Crippen LogP contribution < -0.4 is 10.6 Å². The van der Waals surface area contributed by atoms with Crippen LogP contribution in [0.4, 0.5) is 26.3 Å². The number of nitrogens with one attached hydrogen (secondary N) is 2. The highest BCUT2D eigenvalue weighted by molar-refractivity contribution is 5.77. The number of allylic oxidation sites excluding steroid dienone is 3. The Hall–Kier alpha value is -2.33. The molecule has 0 radical (unpaired) electrons. The molecule has 1 spiro atoms. The molecule has 198 valence electrons. The highest BCUT2D eigenvalue weighted by Gasteiger charge is 2.47. The number of benzene rings is 1. The average Bonchev–Trinajstić information content (AvgIpc) is 2.83. The third-order valence-corrected chi connectivity index (χ3v) is 7.65. The van der Waals surface area contributed by atoms with Gasteiger partial charge < -0.3 is 15.4 Å². The molecular weight excluding hydrogens is 486 g/mol. The van der Waals surface area contributed by atoms with Crippen molar-refractivity contribution in [2.75, 3.05) is 13.2 Å². The normalized spacial score (nSPS) is 29.9. The number of hydrogen-bond acceptors (Lipinski definition) is 3. The van der Waals surface area contributed by atoms with Gasteiger partial charge in [0.15, 0.2) is 0 Å². The molecule has 36 heavy (non-hydrogen) atoms. The van der Waals surface area contributed by atoms with Crippen molar-refractivity contribution in [1.29, 1.82) is 0 Å². The zero-order valence-corrected chi connectivity index (χ0v) is 19.9. The van der Waals surface area contributed by atoms with Crippen LogP contribution in [0.5, 0.6) is 0 Å². The van der Waals surface area contributed by atoms with Crippen LogP contribution >= 0.6 is 0 Å². The summed E-state index contributed by atoms with van der Waals surface area (Å²) in [6, 6.07) is 1.56. The number of halogens is 6. The second kappa shape index (κ2) is 9.85. The minimum absolute atomic E-state index is 0.0194. The number of ether oxygens (including phenoxy) is 1. The molecule has 2 heterocycles. The molecule has 3 aliphatic rings. The van der Waals surface area contributed by atoms with Crippen LogP contribution in [0.25, 0.3) is 0 Å². The molecular formula is C26H30F6N2O2. The van der Waals surface area contributed by atoms with Crippen molar-refractivity contribution in [3.05, 3.63) is 59.2 Å². The Morgan fingerprint density at radius 2 is 1.72 bits per heavy atom. The summed E-state index contributed by atoms with van der Waals surface area (Å²) in [5.74, 6) is 0.0459. The molecule has 0 saturated carbocycles. The van der Waals surface area contributed by atoms with Crippen LogP contribution in [0.1, 0.15) is 68.2 Å². The van der Waals surface area contributed by atoms with Crippen molar-refractivity contribution in [2.24, 2.45) is 5.92 Å². The van der Waals surface area contributed by atoms with Crippen LogP contribution in [0, 0.1) is 5.92 Å². The van der Waals surface area contributed by atoms with Gasteiger partial charge in [0.2, 0.25) is 5.91 Å². The van der Waals surface area contributed by atoms with Gasteiger partial charge in [-0.3, -0.25) is 4.79 Å². The molecule has 1 aromatic rings. The Labute approximate surface area is 206 Å². The second-order valence-corrected chi connectivity index (χ2v) is 10.1. The molecule has 10 heteroatoms. The van der Waals surface area contributed by atoms with Crippen molar-refractivity contribution >= 4 is 5.91 Å². The highest BCUT2D eigenvalue weighted by Crippen LogP contribution is 2.41. The van der Waals surface area contributed by atoms with Crippen molar-refractivity contribution in [2.45, 2.75) is 75.0 Å². The van der Waals surface area contributed by atoms with Gasteiger partial charge in [-0.2, -0.15) is 26.3 Å². The van der Waals surface area contributed by atoms with E-state index in [0.29, 0.717) is 25.8 Å². The summed E-state index contributed by atoms with van der Waals surface area (Å²) in [5, 5.41) is 6.69. The lowest BCUT2D eigenvalue weighted by Crippen LogP contribution is -2.68. The lowest BCUT2D eigenvalue weighted by atomic mass is 9.69. The molecule has 4 atom stereocenters. The molecule has 4 rings (SSSR count). The van der Waals surface area contributed by atoms with Gasteiger partial charge >= 0.3 is 12.4 Å². The Bertz CT molecular complexity index is 990. The summed E-state index contributed by atoms with van der Waals surface area (Å²) >= 11 is 0. The quantitative estimate of drug-likeness (QED) is 0.466. The Kier molecular flexibility index (Phi) is 7.31. The number of amides is 1. The van der Waals surface area contributed by atoms with Crippen molar-refractivity contribution < 1.29 is 35.9 Å². The number of rotatable bonds is 5. The second-order valence-electron chi connectivity index (χ2n) is 10.1. The summed E-state index contributed by atoms with van der Waals surface area (Å²) in [7, 11) is 0. The van der Waals surface area contributed by atoms with E-state index in [1.165, 1.54) is 6.92 Å². The molecule has 1 amide bonds. The number of carbonyl (C=O) groups excluding carboxylic acids is 1. The van der Waals surface area contributed by atoms with Crippen LogP contribution in [0.3, 0.4) is 0 Å². The maximum Gasteiger partial charge on any atom is 0.416 e. The van der Waals surface area contributed by atoms with Gasteiger partial charge in [-0.1, -0.05) is 24.3 Å². The van der Waals surface area contributed by atoms with E-state index in [9.17, 15) is 31.1 Å². The zero-order chi connectivity index (χ0) is 26.2. The van der Waals surface area contributed by atoms with Crippen LogP contribution in [0.2, 0.25) is 0 Å². The predicted molar refractivity (Wildman–Crippen MR) is 122 cm³/mol. The first kappa shape index (κ1) is 26.7. The van der Waals surface area contributed by atoms with Gasteiger partial charge in [-0.25, -0.2) is 0 Å². The van der Waals surface area contributed by atoms with Crippen LogP contribution in [-0.2, 0) is 21.9 Å². The number of carbonyl (C=O) groups is 1. The molecule has 1 aromatic carbocycles. The fourth-order valence-electron chi connectivity index (χ4n) is 5.43. The van der Waals surface area contributed by atoms with E-state index in [1.807, 2.05) is 24.3 Å². The van der Waals surface area contributed by atoms with E-state index >= 15 is 0 Å². The predicted octanol–water partition coefficient (Wildman–Crippen LogP) is 6.10. The first-order valence-corrected chi connectivity index (χ1v) is 12.1. The van der Waals surface area contributed by atoms with E-state index < -0.39 is 35.1 Å². The SMILES string of the molecule is C[C@@H](OC[C@@]1(C2C=CC=CC2)CC[C@]2(CCCC(=O)N2)CN1)c1cc(C(F)(F)F)cc(C(F)(F)F)c1. The summed E-state index contributed by atoms with van der Waals surface area (Å²) in [6.45, 7) is 2.08. The van der Waals surface area contributed by atoms with Gasteiger partial charge in [0.05, 0.1) is 29.4 Å². The van der Waals surface area contributed by atoms with Crippen molar-refractivity contribution in [3.8, 4) is 0 Å². The van der Waals surface area contributed by atoms with Gasteiger partial charge in [-0.05, 0) is 62.8 Å². The summed E-state index contributed by atoms with van der Waals surface area (Å²) in [4.78, 5) is 12.0. The minimum atomic E-state index is -4.92. The summed E-state index contributed by atoms with van der Waals surface area (Å²) in [5.41, 5.74) is -3.82. The molecule has 1 aliphatic carbocycles. The van der Waals surface area contributed by atoms with E-state index in [2.05, 4.69) is 10.6 Å². The van der Waals surface area contributed by atoms with Crippen LogP contribution in [0.15, 0.2) is 42.5 Å². The van der Waals surface area contributed by atoms with E-state index in [0.717, 1.165) is 31.4 Å².